The fourth-order valence-corrected chi connectivity index (χ4v) is 3.19. The number of nitrogens with zero attached hydrogens (tertiary/aromatic N) is 3. The van der Waals surface area contributed by atoms with Gasteiger partial charge in [-0.15, -0.1) is 5.10 Å². The van der Waals surface area contributed by atoms with Crippen LogP contribution >= 0.6 is 0 Å². The van der Waals surface area contributed by atoms with E-state index in [-0.39, 0.29) is 6.42 Å². The molecule has 31 heavy (non-hydrogen) atoms. The predicted octanol–water partition coefficient (Wildman–Crippen LogP) is 4.41. The minimum absolute atomic E-state index is 0.133. The fraction of sp³-hybridized carbons (Fsp3) is 0.115. The molecule has 0 saturated carbocycles. The van der Waals surface area contributed by atoms with E-state index in [1.807, 2.05) is 77.6 Å². The van der Waals surface area contributed by atoms with E-state index in [1.165, 1.54) is 5.56 Å². The minimum atomic E-state index is -0.788. The van der Waals surface area contributed by atoms with E-state index in [0.717, 1.165) is 27.9 Å². The third kappa shape index (κ3) is 5.68. The molecule has 0 bridgehead atoms. The second-order valence-corrected chi connectivity index (χ2v) is 7.21. The predicted molar refractivity (Wildman–Crippen MR) is 119 cm³/mol. The first kappa shape index (κ1) is 20.1. The number of carboxylic acids is 1. The molecule has 0 spiro atoms. The lowest BCUT2D eigenvalue weighted by molar-refractivity contribution is -0.136. The van der Waals surface area contributed by atoms with E-state index >= 15 is 0 Å². The van der Waals surface area contributed by atoms with Crippen LogP contribution in [0, 0.1) is 11.8 Å². The largest absolute Gasteiger partial charge is 0.481 e. The number of aryl methyl sites for hydroxylation is 1. The summed E-state index contributed by atoms with van der Waals surface area (Å²) in [6, 6.07) is 25.8. The highest BCUT2D eigenvalue weighted by Crippen LogP contribution is 2.18. The summed E-state index contributed by atoms with van der Waals surface area (Å²) in [5.74, 6) is 5.56. The normalized spacial score (nSPS) is 10.3. The number of hydrogen-bond acceptors (Lipinski definition) is 3. The van der Waals surface area contributed by atoms with Crippen LogP contribution in [-0.4, -0.2) is 26.1 Å². The zero-order valence-electron chi connectivity index (χ0n) is 16.9. The number of aliphatic carboxylic acids is 1. The maximum atomic E-state index is 10.7. The smallest absolute Gasteiger partial charge is 0.303 e. The molecule has 0 fully saturated rings. The van der Waals surface area contributed by atoms with Gasteiger partial charge in [0.2, 0.25) is 0 Å². The highest BCUT2D eigenvalue weighted by Gasteiger charge is 2.05. The van der Waals surface area contributed by atoms with Crippen molar-refractivity contribution in [2.24, 2.45) is 0 Å². The summed E-state index contributed by atoms with van der Waals surface area (Å²) >= 11 is 0. The topological polar surface area (TPSA) is 68.0 Å². The molecule has 0 atom stereocenters. The lowest BCUT2D eigenvalue weighted by Crippen LogP contribution is -1.99. The Bertz CT molecular complexity index is 1230. The summed E-state index contributed by atoms with van der Waals surface area (Å²) < 4.78 is 1.83. The van der Waals surface area contributed by atoms with Crippen molar-refractivity contribution in [2.45, 2.75) is 19.4 Å². The van der Waals surface area contributed by atoms with Crippen LogP contribution < -0.4 is 0 Å². The van der Waals surface area contributed by atoms with Gasteiger partial charge >= 0.3 is 5.97 Å². The van der Waals surface area contributed by atoms with Crippen molar-refractivity contribution in [2.75, 3.05) is 0 Å². The Morgan fingerprint density at radius 1 is 0.871 bits per heavy atom. The number of hydrogen-bond donors (Lipinski definition) is 1. The van der Waals surface area contributed by atoms with Crippen LogP contribution in [0.15, 0.2) is 85.1 Å². The van der Waals surface area contributed by atoms with Crippen molar-refractivity contribution in [1.82, 2.24) is 15.0 Å². The number of benzene rings is 3. The summed E-state index contributed by atoms with van der Waals surface area (Å²) in [5.41, 5.74) is 5.72. The average Bonchev–Trinajstić information content (AvgIpc) is 3.26. The standard InChI is InChI=1S/C26H21N3O2/c30-26(31)16-15-21-11-9-20(10-12-21)13-14-22-7-4-8-24(17-22)25-19-29(28-27-25)18-23-5-2-1-3-6-23/h1-12,17,19H,15-16,18H2,(H,30,31). The van der Waals surface area contributed by atoms with Gasteiger partial charge in [0.25, 0.3) is 0 Å². The highest BCUT2D eigenvalue weighted by atomic mass is 16.4. The molecule has 0 aliphatic carbocycles. The van der Waals surface area contributed by atoms with E-state index in [4.69, 9.17) is 5.11 Å². The zero-order chi connectivity index (χ0) is 21.5. The van der Waals surface area contributed by atoms with Gasteiger partial charge in [0.15, 0.2) is 0 Å². The monoisotopic (exact) mass is 407 g/mol. The van der Waals surface area contributed by atoms with Crippen LogP contribution in [0.1, 0.15) is 28.7 Å². The number of carboxylic acid groups (broad SMARTS) is 1. The van der Waals surface area contributed by atoms with Gasteiger partial charge in [-0.2, -0.15) is 0 Å². The zero-order valence-corrected chi connectivity index (χ0v) is 16.9. The van der Waals surface area contributed by atoms with Crippen molar-refractivity contribution in [3.05, 3.63) is 107 Å². The van der Waals surface area contributed by atoms with Crippen molar-refractivity contribution in [1.29, 1.82) is 0 Å². The lowest BCUT2D eigenvalue weighted by Gasteiger charge is -2.00. The summed E-state index contributed by atoms with van der Waals surface area (Å²) in [4.78, 5) is 10.7. The Morgan fingerprint density at radius 3 is 2.42 bits per heavy atom. The maximum Gasteiger partial charge on any atom is 0.303 e. The minimum Gasteiger partial charge on any atom is -0.481 e. The first-order valence-electron chi connectivity index (χ1n) is 10.0. The van der Waals surface area contributed by atoms with Crippen LogP contribution in [0.4, 0.5) is 0 Å². The molecular weight excluding hydrogens is 386 g/mol. The molecule has 3 aromatic carbocycles. The summed E-state index contributed by atoms with van der Waals surface area (Å²) in [5, 5.41) is 17.3. The van der Waals surface area contributed by atoms with E-state index in [9.17, 15) is 4.79 Å². The van der Waals surface area contributed by atoms with Gasteiger partial charge in [0, 0.05) is 23.1 Å². The molecule has 4 aromatic rings. The molecule has 0 aliphatic rings. The fourth-order valence-electron chi connectivity index (χ4n) is 3.19. The quantitative estimate of drug-likeness (QED) is 0.481. The second kappa shape index (κ2) is 9.55. The Labute approximate surface area is 181 Å². The molecule has 5 heteroatoms. The Kier molecular flexibility index (Phi) is 6.20. The first-order valence-corrected chi connectivity index (χ1v) is 10.0. The van der Waals surface area contributed by atoms with Gasteiger partial charge in [0.1, 0.15) is 5.69 Å². The van der Waals surface area contributed by atoms with Crippen molar-refractivity contribution in [3.63, 3.8) is 0 Å². The summed E-state index contributed by atoms with van der Waals surface area (Å²) in [7, 11) is 0. The van der Waals surface area contributed by atoms with Gasteiger partial charge in [-0.05, 0) is 41.8 Å². The van der Waals surface area contributed by atoms with E-state index in [2.05, 4.69) is 34.3 Å². The molecule has 0 saturated heterocycles. The second-order valence-electron chi connectivity index (χ2n) is 7.21. The third-order valence-corrected chi connectivity index (χ3v) is 4.82. The van der Waals surface area contributed by atoms with Crippen molar-refractivity contribution >= 4 is 5.97 Å². The molecule has 4 rings (SSSR count). The van der Waals surface area contributed by atoms with Crippen LogP contribution in [0.25, 0.3) is 11.3 Å². The van der Waals surface area contributed by atoms with Crippen LogP contribution in [0.3, 0.4) is 0 Å². The average molecular weight is 407 g/mol. The molecule has 5 nitrogen and oxygen atoms in total. The molecule has 152 valence electrons. The number of carbonyl (C=O) groups is 1. The van der Waals surface area contributed by atoms with Gasteiger partial charge in [-0.1, -0.05) is 71.7 Å². The van der Waals surface area contributed by atoms with Crippen LogP contribution in [-0.2, 0) is 17.8 Å². The van der Waals surface area contributed by atoms with Crippen molar-refractivity contribution in [3.8, 4) is 23.1 Å². The maximum absolute atomic E-state index is 10.7. The molecule has 0 amide bonds. The Hall–Kier alpha value is -4.17. The summed E-state index contributed by atoms with van der Waals surface area (Å²) in [6.07, 6.45) is 2.60. The van der Waals surface area contributed by atoms with Gasteiger partial charge in [0.05, 0.1) is 12.7 Å². The molecule has 0 unspecified atom stereocenters. The van der Waals surface area contributed by atoms with E-state index < -0.39 is 5.97 Å². The van der Waals surface area contributed by atoms with Gasteiger partial charge < -0.3 is 5.11 Å². The number of rotatable bonds is 6. The van der Waals surface area contributed by atoms with Gasteiger partial charge in [-0.25, -0.2) is 4.68 Å². The molecule has 1 aromatic heterocycles. The Morgan fingerprint density at radius 2 is 1.65 bits per heavy atom. The molecule has 0 radical (unpaired) electrons. The number of aromatic nitrogens is 3. The molecule has 0 aliphatic heterocycles. The van der Waals surface area contributed by atoms with Crippen molar-refractivity contribution < 1.29 is 9.90 Å². The molecular formula is C26H21N3O2. The third-order valence-electron chi connectivity index (χ3n) is 4.82. The lowest BCUT2D eigenvalue weighted by atomic mass is 10.1. The van der Waals surface area contributed by atoms with E-state index in [1.54, 1.807) is 0 Å². The first-order chi connectivity index (χ1) is 15.2. The van der Waals surface area contributed by atoms with E-state index in [0.29, 0.717) is 13.0 Å². The van der Waals surface area contributed by atoms with Gasteiger partial charge in [-0.3, -0.25) is 4.79 Å². The van der Waals surface area contributed by atoms with Crippen LogP contribution in [0.5, 0.6) is 0 Å². The summed E-state index contributed by atoms with van der Waals surface area (Å²) in [6.45, 7) is 0.676. The Balaban J connectivity index is 1.45. The highest BCUT2D eigenvalue weighted by molar-refractivity contribution is 5.67. The SMILES string of the molecule is O=C(O)CCc1ccc(C#Cc2cccc(-c3cn(Cc4ccccc4)nn3)c2)cc1. The molecule has 1 heterocycles. The van der Waals surface area contributed by atoms with Crippen LogP contribution in [0.2, 0.25) is 0 Å². The molecule has 1 N–H and O–H groups in total.